The van der Waals surface area contributed by atoms with E-state index in [2.05, 4.69) is 4.72 Å². The number of rotatable bonds is 2. The minimum Gasteiger partial charge on any atom is -0.264 e. The highest BCUT2D eigenvalue weighted by molar-refractivity contribution is 7.95. The van der Waals surface area contributed by atoms with E-state index in [0.717, 1.165) is 0 Å². The molecule has 0 aromatic carbocycles. The molecule has 1 saturated carbocycles. The quantitative estimate of drug-likeness (QED) is 0.579. The van der Waals surface area contributed by atoms with E-state index in [4.69, 9.17) is 5.14 Å². The zero-order valence-corrected chi connectivity index (χ0v) is 6.41. The Morgan fingerprint density at radius 2 is 1.89 bits per heavy atom. The fourth-order valence-electron chi connectivity index (χ4n) is 1.32. The molecule has 0 atom stereocenters. The van der Waals surface area contributed by atoms with Crippen LogP contribution in [0, 0.1) is 0 Å². The van der Waals surface area contributed by atoms with Crippen molar-refractivity contribution in [1.29, 1.82) is 0 Å². The van der Waals surface area contributed by atoms with Gasteiger partial charge in [-0.3, -0.25) is 5.14 Å². The molecule has 0 heterocycles. The lowest BCUT2D eigenvalue weighted by Crippen LogP contribution is -2.26. The Labute approximate surface area is 60.8 Å². The van der Waals surface area contributed by atoms with Crippen LogP contribution in [0.3, 0.4) is 0 Å². The molecule has 2 nitrogen and oxygen atoms in total. The van der Waals surface area contributed by atoms with Gasteiger partial charge in [0.15, 0.2) is 0 Å². The summed E-state index contributed by atoms with van der Waals surface area (Å²) in [5, 5.41) is 5.26. The third-order valence-corrected chi connectivity index (χ3v) is 2.31. The van der Waals surface area contributed by atoms with E-state index >= 15 is 0 Å². The summed E-state index contributed by atoms with van der Waals surface area (Å²) in [5.74, 6) is 0. The van der Waals surface area contributed by atoms with Crippen molar-refractivity contribution in [2.24, 2.45) is 5.14 Å². The van der Waals surface area contributed by atoms with Crippen molar-refractivity contribution in [2.45, 2.75) is 38.1 Å². The average Bonchev–Trinajstić information content (AvgIpc) is 1.91. The van der Waals surface area contributed by atoms with Crippen molar-refractivity contribution in [3.8, 4) is 0 Å². The third-order valence-electron chi connectivity index (χ3n) is 1.84. The summed E-state index contributed by atoms with van der Waals surface area (Å²) in [6.45, 7) is 0. The summed E-state index contributed by atoms with van der Waals surface area (Å²) >= 11 is 1.26. The van der Waals surface area contributed by atoms with Crippen LogP contribution >= 0.6 is 12.1 Å². The van der Waals surface area contributed by atoms with Gasteiger partial charge in [-0.05, 0) is 12.8 Å². The number of nitrogens with two attached hydrogens (primary N) is 1. The lowest BCUT2D eigenvalue weighted by Gasteiger charge is -2.20. The summed E-state index contributed by atoms with van der Waals surface area (Å²) in [6.07, 6.45) is 6.78. The van der Waals surface area contributed by atoms with E-state index < -0.39 is 0 Å². The monoisotopic (exact) mass is 146 g/mol. The van der Waals surface area contributed by atoms with Crippen molar-refractivity contribution in [1.82, 2.24) is 4.72 Å². The topological polar surface area (TPSA) is 38.0 Å². The Morgan fingerprint density at radius 1 is 1.22 bits per heavy atom. The van der Waals surface area contributed by atoms with Crippen molar-refractivity contribution in [3.63, 3.8) is 0 Å². The van der Waals surface area contributed by atoms with Crippen molar-refractivity contribution < 1.29 is 0 Å². The molecule has 54 valence electrons. The van der Waals surface area contributed by atoms with Gasteiger partial charge in [-0.25, -0.2) is 4.72 Å². The van der Waals surface area contributed by atoms with Gasteiger partial charge in [-0.15, -0.1) is 0 Å². The molecular weight excluding hydrogens is 132 g/mol. The van der Waals surface area contributed by atoms with Crippen molar-refractivity contribution in [3.05, 3.63) is 0 Å². The Bertz CT molecular complexity index is 68.7. The van der Waals surface area contributed by atoms with Crippen LogP contribution in [-0.4, -0.2) is 6.04 Å². The molecule has 0 aliphatic heterocycles. The van der Waals surface area contributed by atoms with Crippen LogP contribution in [-0.2, 0) is 0 Å². The van der Waals surface area contributed by atoms with E-state index in [0.29, 0.717) is 6.04 Å². The van der Waals surface area contributed by atoms with Crippen molar-refractivity contribution in [2.75, 3.05) is 0 Å². The molecule has 1 aliphatic rings. The summed E-state index contributed by atoms with van der Waals surface area (Å²) in [7, 11) is 0. The van der Waals surface area contributed by atoms with E-state index in [1.165, 1.54) is 44.2 Å². The average molecular weight is 146 g/mol. The molecule has 3 N–H and O–H groups in total. The normalized spacial score (nSPS) is 22.3. The van der Waals surface area contributed by atoms with Crippen LogP contribution in [0.5, 0.6) is 0 Å². The largest absolute Gasteiger partial charge is 0.264 e. The van der Waals surface area contributed by atoms with Gasteiger partial charge in [-0.2, -0.15) is 0 Å². The highest BCUT2D eigenvalue weighted by atomic mass is 32.2. The van der Waals surface area contributed by atoms with Gasteiger partial charge in [0.05, 0.1) is 0 Å². The van der Waals surface area contributed by atoms with Gasteiger partial charge in [0.1, 0.15) is 0 Å². The fraction of sp³-hybridized carbons (Fsp3) is 1.00. The molecular formula is C6H14N2S. The molecule has 0 spiro atoms. The van der Waals surface area contributed by atoms with E-state index in [9.17, 15) is 0 Å². The second kappa shape index (κ2) is 4.14. The van der Waals surface area contributed by atoms with E-state index in [-0.39, 0.29) is 0 Å². The number of nitrogens with one attached hydrogen (secondary N) is 1. The lowest BCUT2D eigenvalue weighted by atomic mass is 9.96. The van der Waals surface area contributed by atoms with E-state index in [1.807, 2.05) is 0 Å². The molecule has 3 heteroatoms. The fourth-order valence-corrected chi connectivity index (χ4v) is 1.74. The Kier molecular flexibility index (Phi) is 3.40. The van der Waals surface area contributed by atoms with E-state index in [1.54, 1.807) is 0 Å². The standard InChI is InChI=1S/C6H14N2S/c7-9-8-6-4-2-1-3-5-6/h6,8H,1-5,7H2. The second-order valence-corrected chi connectivity index (χ2v) is 3.04. The van der Waals surface area contributed by atoms with Crippen LogP contribution in [0.25, 0.3) is 0 Å². The molecule has 1 rings (SSSR count). The van der Waals surface area contributed by atoms with Crippen LogP contribution in [0.2, 0.25) is 0 Å². The summed E-state index contributed by atoms with van der Waals surface area (Å²) in [6, 6.07) is 0.689. The molecule has 1 fully saturated rings. The summed E-state index contributed by atoms with van der Waals surface area (Å²) in [4.78, 5) is 0. The SMILES string of the molecule is NSNC1CCCCC1. The van der Waals surface area contributed by atoms with Crippen LogP contribution in [0.4, 0.5) is 0 Å². The summed E-state index contributed by atoms with van der Waals surface area (Å²) in [5.41, 5.74) is 0. The molecule has 0 saturated heterocycles. The maximum absolute atomic E-state index is 5.26. The molecule has 9 heavy (non-hydrogen) atoms. The van der Waals surface area contributed by atoms with Gasteiger partial charge in [-0.1, -0.05) is 19.3 Å². The first-order valence-electron chi connectivity index (χ1n) is 3.54. The Morgan fingerprint density at radius 3 is 2.44 bits per heavy atom. The smallest absolute Gasteiger partial charge is 0.0183 e. The van der Waals surface area contributed by atoms with Gasteiger partial charge in [0, 0.05) is 18.2 Å². The van der Waals surface area contributed by atoms with Crippen LogP contribution in [0.1, 0.15) is 32.1 Å². The predicted molar refractivity (Wildman–Crippen MR) is 41.8 cm³/mol. The molecule has 0 unspecified atom stereocenters. The third kappa shape index (κ3) is 2.56. The first-order chi connectivity index (χ1) is 4.43. The van der Waals surface area contributed by atoms with Gasteiger partial charge < -0.3 is 0 Å². The minimum atomic E-state index is 0.689. The Balaban J connectivity index is 2.08. The second-order valence-electron chi connectivity index (χ2n) is 2.57. The predicted octanol–water partition coefficient (Wildman–Crippen LogP) is 1.43. The maximum Gasteiger partial charge on any atom is 0.0183 e. The Hall–Kier alpha value is 0.270. The first-order valence-corrected chi connectivity index (χ1v) is 4.42. The van der Waals surface area contributed by atoms with Crippen molar-refractivity contribution >= 4 is 12.1 Å². The molecule has 0 amide bonds. The highest BCUT2D eigenvalue weighted by Gasteiger charge is 2.11. The molecule has 1 aliphatic carbocycles. The number of hydrogen-bond donors (Lipinski definition) is 2. The first kappa shape index (κ1) is 7.38. The van der Waals surface area contributed by atoms with Gasteiger partial charge >= 0.3 is 0 Å². The minimum absolute atomic E-state index is 0.689. The summed E-state index contributed by atoms with van der Waals surface area (Å²) < 4.78 is 3.18. The zero-order valence-electron chi connectivity index (χ0n) is 5.60. The zero-order chi connectivity index (χ0) is 6.53. The lowest BCUT2D eigenvalue weighted by molar-refractivity contribution is 0.423. The van der Waals surface area contributed by atoms with Gasteiger partial charge in [0.2, 0.25) is 0 Å². The molecule has 0 aromatic rings. The number of hydrogen-bond acceptors (Lipinski definition) is 3. The van der Waals surface area contributed by atoms with Gasteiger partial charge in [0.25, 0.3) is 0 Å². The molecule has 0 aromatic heterocycles. The maximum atomic E-state index is 5.26. The highest BCUT2D eigenvalue weighted by Crippen LogP contribution is 2.17. The molecule has 0 radical (unpaired) electrons. The molecule has 0 bridgehead atoms. The van der Waals surface area contributed by atoms with Crippen LogP contribution < -0.4 is 9.86 Å². The van der Waals surface area contributed by atoms with Crippen LogP contribution in [0.15, 0.2) is 0 Å².